The lowest BCUT2D eigenvalue weighted by Gasteiger charge is -2.32. The number of rotatable bonds is 1. The van der Waals surface area contributed by atoms with Crippen molar-refractivity contribution in [1.82, 2.24) is 20.4 Å². The van der Waals surface area contributed by atoms with Crippen LogP contribution < -0.4 is 5.32 Å². The molecule has 2 aliphatic rings. The number of hydrogen-bond donors (Lipinski definition) is 2. The molecule has 0 amide bonds. The Morgan fingerprint density at radius 2 is 2.50 bits per heavy atom. The van der Waals surface area contributed by atoms with Gasteiger partial charge < -0.3 is 10.2 Å². The first-order chi connectivity index (χ1) is 6.95. The first-order valence-corrected chi connectivity index (χ1v) is 5.14. The van der Waals surface area contributed by atoms with Gasteiger partial charge in [-0.05, 0) is 12.8 Å². The summed E-state index contributed by atoms with van der Waals surface area (Å²) in [6.45, 7) is 2.27. The van der Waals surface area contributed by atoms with E-state index in [1.54, 1.807) is 0 Å². The van der Waals surface area contributed by atoms with E-state index in [0.29, 0.717) is 6.04 Å². The van der Waals surface area contributed by atoms with Crippen molar-refractivity contribution < 1.29 is 0 Å². The topological polar surface area (TPSA) is 44.0 Å². The normalized spacial score (nSPS) is 25.6. The molecule has 3 heterocycles. The molecule has 1 aromatic heterocycles. The van der Waals surface area contributed by atoms with Crippen molar-refractivity contribution in [1.29, 1.82) is 0 Å². The van der Waals surface area contributed by atoms with Crippen LogP contribution in [0.4, 0.5) is 0 Å². The lowest BCUT2D eigenvalue weighted by atomic mass is 10.1. The maximum Gasteiger partial charge on any atom is 0.0634 e. The molecule has 0 unspecified atom stereocenters. The Balaban J connectivity index is 1.94. The Kier molecular flexibility index (Phi) is 1.72. The number of fused-ring (bicyclic) bond motifs is 1. The molecule has 1 saturated heterocycles. The molecule has 2 aliphatic heterocycles. The highest BCUT2D eigenvalue weighted by Crippen LogP contribution is 2.29. The van der Waals surface area contributed by atoms with Crippen LogP contribution in [0.1, 0.15) is 18.4 Å². The number of nitrogens with zero attached hydrogens (tertiary/aromatic N) is 2. The molecule has 74 valence electrons. The summed E-state index contributed by atoms with van der Waals surface area (Å²) in [5.41, 5.74) is 2.47. The maximum absolute atomic E-state index is 3.99. The Bertz CT molecular complexity index is 341. The number of aromatic nitrogens is 2. The molecule has 1 aromatic rings. The molecule has 0 aromatic carbocycles. The fourth-order valence-corrected chi connectivity index (χ4v) is 2.38. The van der Waals surface area contributed by atoms with Crippen LogP contribution in [-0.4, -0.2) is 34.2 Å². The number of aromatic amines is 1. The van der Waals surface area contributed by atoms with E-state index in [1.807, 2.05) is 12.4 Å². The number of nitrogens with one attached hydrogen (secondary N) is 2. The molecule has 0 saturated carbocycles. The maximum atomic E-state index is 3.99. The monoisotopic (exact) mass is 190 g/mol. The van der Waals surface area contributed by atoms with E-state index >= 15 is 0 Å². The van der Waals surface area contributed by atoms with Gasteiger partial charge in [0.1, 0.15) is 0 Å². The third kappa shape index (κ3) is 1.10. The number of H-pyrrole nitrogens is 1. The molecule has 2 N–H and O–H groups in total. The summed E-state index contributed by atoms with van der Waals surface area (Å²) in [7, 11) is 0. The molecule has 4 heteroatoms. The van der Waals surface area contributed by atoms with Crippen LogP contribution in [0.5, 0.6) is 0 Å². The summed E-state index contributed by atoms with van der Waals surface area (Å²) in [4.78, 5) is 2.49. The van der Waals surface area contributed by atoms with E-state index < -0.39 is 0 Å². The fraction of sp³-hybridized carbons (Fsp3) is 0.500. The average molecular weight is 190 g/mol. The minimum absolute atomic E-state index is 0.685. The van der Waals surface area contributed by atoms with E-state index in [2.05, 4.69) is 26.6 Å². The molecular weight excluding hydrogens is 176 g/mol. The van der Waals surface area contributed by atoms with Crippen molar-refractivity contribution >= 4 is 5.70 Å². The summed E-state index contributed by atoms with van der Waals surface area (Å²) in [6, 6.07) is 0.685. The Morgan fingerprint density at radius 1 is 1.50 bits per heavy atom. The van der Waals surface area contributed by atoms with Gasteiger partial charge >= 0.3 is 0 Å². The third-order valence-corrected chi connectivity index (χ3v) is 3.07. The molecule has 4 nitrogen and oxygen atoms in total. The van der Waals surface area contributed by atoms with Gasteiger partial charge in [-0.25, -0.2) is 0 Å². The summed E-state index contributed by atoms with van der Waals surface area (Å²) in [5.74, 6) is 0. The summed E-state index contributed by atoms with van der Waals surface area (Å²) in [6.07, 6.45) is 8.55. The van der Waals surface area contributed by atoms with Crippen LogP contribution in [0.15, 0.2) is 18.6 Å². The predicted molar refractivity (Wildman–Crippen MR) is 54.3 cm³/mol. The van der Waals surface area contributed by atoms with Crippen molar-refractivity contribution in [2.45, 2.75) is 18.9 Å². The van der Waals surface area contributed by atoms with Gasteiger partial charge in [0.05, 0.1) is 11.9 Å². The van der Waals surface area contributed by atoms with Gasteiger partial charge in [0.25, 0.3) is 0 Å². The van der Waals surface area contributed by atoms with Gasteiger partial charge in [0, 0.05) is 37.1 Å². The molecule has 14 heavy (non-hydrogen) atoms. The second-order valence-corrected chi connectivity index (χ2v) is 3.91. The van der Waals surface area contributed by atoms with E-state index in [-0.39, 0.29) is 0 Å². The predicted octanol–water partition coefficient (Wildman–Crippen LogP) is 0.776. The standard InChI is InChI=1S/C10H14N4/c1-2-9-6-11-7-10(14(9)3-1)8-4-12-13-5-8/h4-5,7,9,11H,1-3,6H2,(H,12,13)/t9-/m0/s1. The first kappa shape index (κ1) is 7.91. The van der Waals surface area contributed by atoms with E-state index in [4.69, 9.17) is 0 Å². The van der Waals surface area contributed by atoms with Gasteiger partial charge in [-0.2, -0.15) is 5.10 Å². The zero-order valence-electron chi connectivity index (χ0n) is 8.03. The van der Waals surface area contributed by atoms with Gasteiger partial charge in [0.15, 0.2) is 0 Å². The quantitative estimate of drug-likeness (QED) is 0.687. The van der Waals surface area contributed by atoms with Gasteiger partial charge in [-0.1, -0.05) is 0 Å². The largest absolute Gasteiger partial charge is 0.387 e. The summed E-state index contributed by atoms with van der Waals surface area (Å²) in [5, 5.41) is 10.2. The second kappa shape index (κ2) is 3.04. The Labute approximate surface area is 83.0 Å². The van der Waals surface area contributed by atoms with Crippen molar-refractivity contribution in [2.24, 2.45) is 0 Å². The van der Waals surface area contributed by atoms with Crippen LogP contribution in [0.2, 0.25) is 0 Å². The van der Waals surface area contributed by atoms with E-state index in [1.165, 1.54) is 30.6 Å². The van der Waals surface area contributed by atoms with E-state index in [0.717, 1.165) is 6.54 Å². The molecule has 0 spiro atoms. The van der Waals surface area contributed by atoms with Crippen LogP contribution >= 0.6 is 0 Å². The van der Waals surface area contributed by atoms with Gasteiger partial charge in [0.2, 0.25) is 0 Å². The molecule has 0 aliphatic carbocycles. The van der Waals surface area contributed by atoms with Gasteiger partial charge in [-0.15, -0.1) is 0 Å². The summed E-state index contributed by atoms with van der Waals surface area (Å²) >= 11 is 0. The molecule has 0 bridgehead atoms. The van der Waals surface area contributed by atoms with E-state index in [9.17, 15) is 0 Å². The fourth-order valence-electron chi connectivity index (χ4n) is 2.38. The van der Waals surface area contributed by atoms with Crippen LogP contribution in [-0.2, 0) is 0 Å². The van der Waals surface area contributed by atoms with Gasteiger partial charge in [-0.3, -0.25) is 5.10 Å². The Morgan fingerprint density at radius 3 is 3.36 bits per heavy atom. The number of hydrogen-bond acceptors (Lipinski definition) is 3. The van der Waals surface area contributed by atoms with Crippen molar-refractivity contribution in [2.75, 3.05) is 13.1 Å². The van der Waals surface area contributed by atoms with Crippen molar-refractivity contribution in [3.8, 4) is 0 Å². The molecule has 1 atom stereocenters. The van der Waals surface area contributed by atoms with Crippen LogP contribution in [0.3, 0.4) is 0 Å². The average Bonchev–Trinajstić information content (AvgIpc) is 2.88. The molecule has 0 radical (unpaired) electrons. The SMILES string of the molecule is C1=C(c2cn[nH]c2)N2CCC[C@H]2CN1. The highest BCUT2D eigenvalue weighted by Gasteiger charge is 2.29. The minimum atomic E-state index is 0.685. The smallest absolute Gasteiger partial charge is 0.0634 e. The van der Waals surface area contributed by atoms with Crippen molar-refractivity contribution in [3.05, 3.63) is 24.2 Å². The minimum Gasteiger partial charge on any atom is -0.387 e. The first-order valence-electron chi connectivity index (χ1n) is 5.14. The lowest BCUT2D eigenvalue weighted by molar-refractivity contribution is 0.346. The Hall–Kier alpha value is -1.45. The molecular formula is C10H14N4. The zero-order chi connectivity index (χ0) is 9.38. The molecule has 1 fully saturated rings. The highest BCUT2D eigenvalue weighted by atomic mass is 15.2. The van der Waals surface area contributed by atoms with Crippen LogP contribution in [0, 0.1) is 0 Å². The van der Waals surface area contributed by atoms with Crippen molar-refractivity contribution in [3.63, 3.8) is 0 Å². The third-order valence-electron chi connectivity index (χ3n) is 3.07. The lowest BCUT2D eigenvalue weighted by Crippen LogP contribution is -2.39. The zero-order valence-corrected chi connectivity index (χ0v) is 8.03. The highest BCUT2D eigenvalue weighted by molar-refractivity contribution is 5.63. The summed E-state index contributed by atoms with van der Waals surface area (Å²) < 4.78 is 0. The van der Waals surface area contributed by atoms with Crippen LogP contribution in [0.25, 0.3) is 5.70 Å². The molecule has 3 rings (SSSR count). The second-order valence-electron chi connectivity index (χ2n) is 3.91.